The fourth-order valence-corrected chi connectivity index (χ4v) is 4.44. The van der Waals surface area contributed by atoms with Gasteiger partial charge in [0.05, 0.1) is 11.9 Å². The fraction of sp³-hybridized carbons (Fsp3) is 0.440. The molecule has 0 saturated heterocycles. The van der Waals surface area contributed by atoms with Crippen LogP contribution in [-0.2, 0) is 26.2 Å². The zero-order chi connectivity index (χ0) is 24.6. The normalized spacial score (nSPS) is 12.2. The maximum atomic E-state index is 13.5. The second-order valence-corrected chi connectivity index (χ2v) is 10.4. The molecule has 0 bridgehead atoms. The van der Waals surface area contributed by atoms with Crippen LogP contribution in [0.15, 0.2) is 48.5 Å². The summed E-state index contributed by atoms with van der Waals surface area (Å²) < 4.78 is 26.4. The Morgan fingerprint density at radius 1 is 1.03 bits per heavy atom. The highest BCUT2D eigenvalue weighted by atomic mass is 32.2. The van der Waals surface area contributed by atoms with E-state index in [1.807, 2.05) is 57.2 Å². The molecule has 0 heterocycles. The van der Waals surface area contributed by atoms with Crippen molar-refractivity contribution >= 4 is 27.5 Å². The van der Waals surface area contributed by atoms with Gasteiger partial charge in [-0.1, -0.05) is 49.7 Å². The molecule has 2 amide bonds. The third kappa shape index (κ3) is 7.89. The van der Waals surface area contributed by atoms with E-state index < -0.39 is 22.0 Å². The molecular weight excluding hydrogens is 438 g/mol. The third-order valence-electron chi connectivity index (χ3n) is 5.37. The fourth-order valence-electron chi connectivity index (χ4n) is 3.61. The largest absolute Gasteiger partial charge is 0.354 e. The van der Waals surface area contributed by atoms with Gasteiger partial charge < -0.3 is 10.2 Å². The highest BCUT2D eigenvalue weighted by Crippen LogP contribution is 2.22. The minimum Gasteiger partial charge on any atom is -0.354 e. The van der Waals surface area contributed by atoms with Gasteiger partial charge in [-0.25, -0.2) is 8.42 Å². The van der Waals surface area contributed by atoms with Gasteiger partial charge in [0.2, 0.25) is 21.8 Å². The summed E-state index contributed by atoms with van der Waals surface area (Å²) in [5.74, 6) is -0.702. The van der Waals surface area contributed by atoms with Crippen molar-refractivity contribution in [2.24, 2.45) is 0 Å². The zero-order valence-corrected chi connectivity index (χ0v) is 21.0. The molecule has 0 aliphatic rings. The summed E-state index contributed by atoms with van der Waals surface area (Å²) in [5.41, 5.74) is 3.09. The summed E-state index contributed by atoms with van der Waals surface area (Å²) in [6.07, 6.45) is 2.88. The first-order valence-corrected chi connectivity index (χ1v) is 13.0. The highest BCUT2D eigenvalue weighted by Gasteiger charge is 2.30. The quantitative estimate of drug-likeness (QED) is 0.507. The van der Waals surface area contributed by atoms with E-state index in [1.165, 1.54) is 4.90 Å². The maximum Gasteiger partial charge on any atom is 0.244 e. The Bertz CT molecular complexity index is 1030. The molecule has 8 heteroatoms. The van der Waals surface area contributed by atoms with Gasteiger partial charge in [-0.15, -0.1) is 0 Å². The lowest BCUT2D eigenvalue weighted by Gasteiger charge is -2.31. The first-order chi connectivity index (χ1) is 15.5. The van der Waals surface area contributed by atoms with Crippen LogP contribution < -0.4 is 9.62 Å². The number of anilines is 1. The SMILES string of the molecule is CCCCNC(=O)[C@H](C)N(Cc1ccccc1)C(=O)CN(c1cc(C)cc(C)c1)S(C)(=O)=O. The van der Waals surface area contributed by atoms with E-state index in [4.69, 9.17) is 0 Å². The van der Waals surface area contributed by atoms with Gasteiger partial charge in [0.15, 0.2) is 0 Å². The Kier molecular flexibility index (Phi) is 9.46. The predicted molar refractivity (Wildman–Crippen MR) is 132 cm³/mol. The third-order valence-corrected chi connectivity index (χ3v) is 6.51. The van der Waals surface area contributed by atoms with E-state index in [2.05, 4.69) is 5.32 Å². The molecule has 0 saturated carbocycles. The number of carbonyl (C=O) groups excluding carboxylic acids is 2. The highest BCUT2D eigenvalue weighted by molar-refractivity contribution is 7.92. The van der Waals surface area contributed by atoms with Crippen molar-refractivity contribution in [2.75, 3.05) is 23.7 Å². The van der Waals surface area contributed by atoms with E-state index in [0.717, 1.165) is 40.1 Å². The first kappa shape index (κ1) is 26.4. The predicted octanol–water partition coefficient (Wildman–Crippen LogP) is 3.40. The Labute approximate surface area is 197 Å². The van der Waals surface area contributed by atoms with Crippen molar-refractivity contribution in [2.45, 2.75) is 53.1 Å². The van der Waals surface area contributed by atoms with Crippen LogP contribution in [0, 0.1) is 13.8 Å². The average Bonchev–Trinajstić information content (AvgIpc) is 2.74. The van der Waals surface area contributed by atoms with Crippen molar-refractivity contribution in [3.05, 3.63) is 65.2 Å². The summed E-state index contributed by atoms with van der Waals surface area (Å²) in [6.45, 7) is 7.81. The first-order valence-electron chi connectivity index (χ1n) is 11.2. The van der Waals surface area contributed by atoms with Crippen LogP contribution in [0.1, 0.15) is 43.4 Å². The Morgan fingerprint density at radius 3 is 2.18 bits per heavy atom. The lowest BCUT2D eigenvalue weighted by molar-refractivity contribution is -0.139. The number of nitrogens with one attached hydrogen (secondary N) is 1. The van der Waals surface area contributed by atoms with E-state index in [9.17, 15) is 18.0 Å². The topological polar surface area (TPSA) is 86.8 Å². The van der Waals surface area contributed by atoms with Gasteiger partial charge in [-0.05, 0) is 56.0 Å². The van der Waals surface area contributed by atoms with E-state index in [0.29, 0.717) is 12.2 Å². The monoisotopic (exact) mass is 473 g/mol. The number of carbonyl (C=O) groups is 2. The second kappa shape index (κ2) is 11.8. The lowest BCUT2D eigenvalue weighted by Crippen LogP contribution is -2.51. The average molecular weight is 474 g/mol. The summed E-state index contributed by atoms with van der Waals surface area (Å²) in [5, 5.41) is 2.87. The smallest absolute Gasteiger partial charge is 0.244 e. The number of benzene rings is 2. The summed E-state index contributed by atoms with van der Waals surface area (Å²) in [7, 11) is -3.73. The molecular formula is C25H35N3O4S. The number of hydrogen-bond acceptors (Lipinski definition) is 4. The Hall–Kier alpha value is -2.87. The molecule has 33 heavy (non-hydrogen) atoms. The van der Waals surface area contributed by atoms with Crippen molar-refractivity contribution < 1.29 is 18.0 Å². The van der Waals surface area contributed by atoms with E-state index >= 15 is 0 Å². The molecule has 7 nitrogen and oxygen atoms in total. The minimum absolute atomic E-state index is 0.201. The van der Waals surface area contributed by atoms with Gasteiger partial charge in [-0.3, -0.25) is 13.9 Å². The second-order valence-electron chi connectivity index (χ2n) is 8.44. The van der Waals surface area contributed by atoms with Gasteiger partial charge in [0.25, 0.3) is 0 Å². The van der Waals surface area contributed by atoms with Crippen molar-refractivity contribution in [3.63, 3.8) is 0 Å². The molecule has 0 fully saturated rings. The van der Waals surface area contributed by atoms with Crippen LogP contribution in [0.2, 0.25) is 0 Å². The minimum atomic E-state index is -3.73. The maximum absolute atomic E-state index is 13.5. The number of unbranched alkanes of at least 4 members (excludes halogenated alkanes) is 1. The molecule has 0 aliphatic heterocycles. The molecule has 0 unspecified atom stereocenters. The lowest BCUT2D eigenvalue weighted by atomic mass is 10.1. The van der Waals surface area contributed by atoms with Crippen LogP contribution in [0.5, 0.6) is 0 Å². The number of nitrogens with zero attached hydrogens (tertiary/aromatic N) is 2. The van der Waals surface area contributed by atoms with Crippen molar-refractivity contribution in [3.8, 4) is 0 Å². The van der Waals surface area contributed by atoms with Gasteiger partial charge in [0, 0.05) is 13.1 Å². The summed E-state index contributed by atoms with van der Waals surface area (Å²) in [6, 6.07) is 14.0. The molecule has 0 radical (unpaired) electrons. The number of rotatable bonds is 11. The molecule has 0 aromatic heterocycles. The van der Waals surface area contributed by atoms with Crippen LogP contribution in [0.25, 0.3) is 0 Å². The van der Waals surface area contributed by atoms with Gasteiger partial charge in [-0.2, -0.15) is 0 Å². The molecule has 0 spiro atoms. The molecule has 0 aliphatic carbocycles. The molecule has 2 rings (SSSR count). The number of amides is 2. The Morgan fingerprint density at radius 2 is 1.64 bits per heavy atom. The van der Waals surface area contributed by atoms with Gasteiger partial charge >= 0.3 is 0 Å². The van der Waals surface area contributed by atoms with Crippen LogP contribution in [-0.4, -0.2) is 50.5 Å². The molecule has 2 aromatic rings. The van der Waals surface area contributed by atoms with Gasteiger partial charge in [0.1, 0.15) is 12.6 Å². The van der Waals surface area contributed by atoms with Crippen LogP contribution >= 0.6 is 0 Å². The Balaban J connectivity index is 2.35. The molecule has 2 aromatic carbocycles. The molecule has 1 N–H and O–H groups in total. The number of sulfonamides is 1. The summed E-state index contributed by atoms with van der Waals surface area (Å²) >= 11 is 0. The zero-order valence-electron chi connectivity index (χ0n) is 20.2. The van der Waals surface area contributed by atoms with Crippen LogP contribution in [0.4, 0.5) is 5.69 Å². The molecule has 180 valence electrons. The van der Waals surface area contributed by atoms with Crippen LogP contribution in [0.3, 0.4) is 0 Å². The summed E-state index contributed by atoms with van der Waals surface area (Å²) in [4.78, 5) is 27.7. The van der Waals surface area contributed by atoms with Crippen molar-refractivity contribution in [1.82, 2.24) is 10.2 Å². The number of hydrogen-bond donors (Lipinski definition) is 1. The number of aryl methyl sites for hydroxylation is 2. The van der Waals surface area contributed by atoms with E-state index in [-0.39, 0.29) is 19.0 Å². The van der Waals surface area contributed by atoms with Crippen molar-refractivity contribution in [1.29, 1.82) is 0 Å². The van der Waals surface area contributed by atoms with E-state index in [1.54, 1.807) is 19.1 Å². The standard InChI is InChI=1S/C25H35N3O4S/c1-6-7-13-26-25(30)21(4)27(17-22-11-9-8-10-12-22)24(29)18-28(33(5,31)32)23-15-19(2)14-20(3)16-23/h8-12,14-16,21H,6-7,13,17-18H2,1-5H3,(H,26,30)/t21-/m0/s1. The molecule has 1 atom stereocenters.